The second kappa shape index (κ2) is 8.86. The summed E-state index contributed by atoms with van der Waals surface area (Å²) >= 11 is 1.45. The fourth-order valence-corrected chi connectivity index (χ4v) is 5.59. The third-order valence-electron chi connectivity index (χ3n) is 6.40. The minimum Gasteiger partial charge on any atom is -0.341 e. The molecule has 28 heavy (non-hydrogen) atoms. The summed E-state index contributed by atoms with van der Waals surface area (Å²) < 4.78 is 0. The molecule has 0 radical (unpaired) electrons. The van der Waals surface area contributed by atoms with Crippen molar-refractivity contribution >= 4 is 28.3 Å². The van der Waals surface area contributed by atoms with Gasteiger partial charge in [-0.1, -0.05) is 37.5 Å². The molecule has 0 N–H and O–H groups in total. The Bertz CT molecular complexity index is 703. The Morgan fingerprint density at radius 2 is 1.89 bits per heavy atom. The zero-order valence-electron chi connectivity index (χ0n) is 16.8. The number of rotatable bonds is 4. The number of hydrogen-bond acceptors (Lipinski definition) is 6. The third kappa shape index (κ3) is 4.22. The van der Waals surface area contributed by atoms with E-state index in [1.807, 2.05) is 11.8 Å². The van der Waals surface area contributed by atoms with Crippen molar-refractivity contribution in [3.63, 3.8) is 0 Å². The molecule has 8 heteroatoms. The minimum absolute atomic E-state index is 0.00388. The molecular weight excluding hydrogens is 374 g/mol. The van der Waals surface area contributed by atoms with Gasteiger partial charge in [0.15, 0.2) is 0 Å². The van der Waals surface area contributed by atoms with Crippen LogP contribution in [0.25, 0.3) is 0 Å². The van der Waals surface area contributed by atoms with Crippen LogP contribution in [0.1, 0.15) is 56.9 Å². The van der Waals surface area contributed by atoms with Gasteiger partial charge in [-0.15, -0.1) is 10.2 Å². The van der Waals surface area contributed by atoms with Crippen LogP contribution in [-0.2, 0) is 16.0 Å². The molecule has 0 aromatic carbocycles. The molecule has 1 aromatic rings. The van der Waals surface area contributed by atoms with Crippen molar-refractivity contribution in [3.8, 4) is 0 Å². The van der Waals surface area contributed by atoms with E-state index in [0.29, 0.717) is 24.1 Å². The SMILES string of the molecule is CCc1nnc(N2CC(C(=O)N3CCCN(C4CCCCC4)CC3)CC2=O)s1. The zero-order chi connectivity index (χ0) is 19.5. The predicted octanol–water partition coefficient (Wildman–Crippen LogP) is 2.32. The third-order valence-corrected chi connectivity index (χ3v) is 7.49. The summed E-state index contributed by atoms with van der Waals surface area (Å²) in [5.41, 5.74) is 0. The topological polar surface area (TPSA) is 69.6 Å². The molecule has 2 amide bonds. The average molecular weight is 406 g/mol. The summed E-state index contributed by atoms with van der Waals surface area (Å²) in [4.78, 5) is 31.9. The Kier molecular flexibility index (Phi) is 6.25. The number of hydrogen-bond donors (Lipinski definition) is 0. The van der Waals surface area contributed by atoms with Gasteiger partial charge in [0, 0.05) is 45.2 Å². The molecule has 3 aliphatic rings. The van der Waals surface area contributed by atoms with Crippen LogP contribution in [0, 0.1) is 5.92 Å². The molecule has 2 aliphatic heterocycles. The maximum absolute atomic E-state index is 13.1. The van der Waals surface area contributed by atoms with Gasteiger partial charge in [-0.25, -0.2) is 0 Å². The molecule has 1 atom stereocenters. The van der Waals surface area contributed by atoms with Crippen LogP contribution < -0.4 is 4.90 Å². The van der Waals surface area contributed by atoms with E-state index in [2.05, 4.69) is 15.1 Å². The van der Waals surface area contributed by atoms with E-state index in [1.165, 1.54) is 43.4 Å². The maximum Gasteiger partial charge on any atom is 0.229 e. The van der Waals surface area contributed by atoms with Crippen molar-refractivity contribution in [1.29, 1.82) is 0 Å². The van der Waals surface area contributed by atoms with Crippen molar-refractivity contribution < 1.29 is 9.59 Å². The number of aryl methyl sites for hydroxylation is 1. The van der Waals surface area contributed by atoms with Gasteiger partial charge in [-0.3, -0.25) is 19.4 Å². The summed E-state index contributed by atoms with van der Waals surface area (Å²) in [5, 5.41) is 9.82. The number of aromatic nitrogens is 2. The molecule has 7 nitrogen and oxygen atoms in total. The van der Waals surface area contributed by atoms with Gasteiger partial charge in [-0.2, -0.15) is 0 Å². The van der Waals surface area contributed by atoms with E-state index in [0.717, 1.165) is 44.0 Å². The maximum atomic E-state index is 13.1. The highest BCUT2D eigenvalue weighted by Gasteiger charge is 2.39. The van der Waals surface area contributed by atoms with Crippen molar-refractivity contribution in [2.24, 2.45) is 5.92 Å². The largest absolute Gasteiger partial charge is 0.341 e. The molecule has 1 aliphatic carbocycles. The normalized spacial score (nSPS) is 25.3. The summed E-state index contributed by atoms with van der Waals surface area (Å²) in [6.07, 6.45) is 8.81. The minimum atomic E-state index is -0.247. The lowest BCUT2D eigenvalue weighted by atomic mass is 9.94. The lowest BCUT2D eigenvalue weighted by Crippen LogP contribution is -2.42. The average Bonchev–Trinajstić information content (AvgIpc) is 3.27. The summed E-state index contributed by atoms with van der Waals surface area (Å²) in [7, 11) is 0. The molecule has 1 saturated carbocycles. The monoisotopic (exact) mass is 405 g/mol. The van der Waals surface area contributed by atoms with Gasteiger partial charge in [0.2, 0.25) is 16.9 Å². The Morgan fingerprint density at radius 1 is 1.07 bits per heavy atom. The predicted molar refractivity (Wildman–Crippen MR) is 109 cm³/mol. The first-order chi connectivity index (χ1) is 13.7. The molecule has 154 valence electrons. The smallest absolute Gasteiger partial charge is 0.229 e. The fraction of sp³-hybridized carbons (Fsp3) is 0.800. The fourth-order valence-electron chi connectivity index (χ4n) is 4.78. The van der Waals surface area contributed by atoms with Crippen LogP contribution in [0.3, 0.4) is 0 Å². The Hall–Kier alpha value is -1.54. The number of carbonyl (C=O) groups excluding carboxylic acids is 2. The number of anilines is 1. The van der Waals surface area contributed by atoms with Crippen LogP contribution in [0.2, 0.25) is 0 Å². The second-order valence-corrected chi connectivity index (χ2v) is 9.28. The van der Waals surface area contributed by atoms with E-state index in [4.69, 9.17) is 0 Å². The zero-order valence-corrected chi connectivity index (χ0v) is 17.6. The molecule has 3 heterocycles. The van der Waals surface area contributed by atoms with Crippen molar-refractivity contribution in [3.05, 3.63) is 5.01 Å². The van der Waals surface area contributed by atoms with Gasteiger partial charge < -0.3 is 4.90 Å². The molecule has 0 bridgehead atoms. The van der Waals surface area contributed by atoms with Gasteiger partial charge in [0.1, 0.15) is 5.01 Å². The van der Waals surface area contributed by atoms with Crippen LogP contribution in [0.15, 0.2) is 0 Å². The molecular formula is C20H31N5O2S. The number of carbonyl (C=O) groups is 2. The van der Waals surface area contributed by atoms with E-state index in [1.54, 1.807) is 4.90 Å². The summed E-state index contributed by atoms with van der Waals surface area (Å²) in [6.45, 7) is 6.13. The van der Waals surface area contributed by atoms with Gasteiger partial charge in [-0.05, 0) is 25.7 Å². The Labute approximate surface area is 171 Å². The molecule has 4 rings (SSSR count). The van der Waals surface area contributed by atoms with Crippen LogP contribution in [-0.4, -0.2) is 70.6 Å². The van der Waals surface area contributed by atoms with Gasteiger partial charge >= 0.3 is 0 Å². The van der Waals surface area contributed by atoms with E-state index in [-0.39, 0.29) is 17.7 Å². The first-order valence-corrected chi connectivity index (χ1v) is 11.6. The Balaban J connectivity index is 1.34. The van der Waals surface area contributed by atoms with Crippen molar-refractivity contribution in [2.75, 3.05) is 37.6 Å². The van der Waals surface area contributed by atoms with Gasteiger partial charge in [0.25, 0.3) is 0 Å². The highest BCUT2D eigenvalue weighted by Crippen LogP contribution is 2.29. The molecule has 1 unspecified atom stereocenters. The standard InChI is InChI=1S/C20H31N5O2S/c1-2-17-21-22-20(28-17)25-14-15(13-18(25)26)19(27)24-10-6-9-23(11-12-24)16-7-4-3-5-8-16/h15-16H,2-14H2,1H3. The molecule has 0 spiro atoms. The highest BCUT2D eigenvalue weighted by molar-refractivity contribution is 7.15. The quantitative estimate of drug-likeness (QED) is 0.769. The van der Waals surface area contributed by atoms with Crippen LogP contribution in [0.4, 0.5) is 5.13 Å². The molecule has 1 aromatic heterocycles. The lowest BCUT2D eigenvalue weighted by molar-refractivity contribution is -0.135. The highest BCUT2D eigenvalue weighted by atomic mass is 32.1. The number of nitrogens with zero attached hydrogens (tertiary/aromatic N) is 5. The van der Waals surface area contributed by atoms with Gasteiger partial charge in [0.05, 0.1) is 5.92 Å². The summed E-state index contributed by atoms with van der Waals surface area (Å²) in [5.74, 6) is -0.111. The van der Waals surface area contributed by atoms with Crippen molar-refractivity contribution in [2.45, 2.75) is 64.3 Å². The lowest BCUT2D eigenvalue weighted by Gasteiger charge is -2.33. The molecule has 2 saturated heterocycles. The van der Waals surface area contributed by atoms with E-state index >= 15 is 0 Å². The Morgan fingerprint density at radius 3 is 2.64 bits per heavy atom. The van der Waals surface area contributed by atoms with Crippen molar-refractivity contribution in [1.82, 2.24) is 20.0 Å². The van der Waals surface area contributed by atoms with E-state index in [9.17, 15) is 9.59 Å². The summed E-state index contributed by atoms with van der Waals surface area (Å²) in [6, 6.07) is 0.706. The first kappa shape index (κ1) is 19.8. The molecule has 3 fully saturated rings. The first-order valence-electron chi connectivity index (χ1n) is 10.8. The van der Waals surface area contributed by atoms with Crippen LogP contribution >= 0.6 is 11.3 Å². The van der Waals surface area contributed by atoms with Crippen LogP contribution in [0.5, 0.6) is 0 Å². The number of amides is 2. The second-order valence-electron chi connectivity index (χ2n) is 8.24. The van der Waals surface area contributed by atoms with E-state index < -0.39 is 0 Å².